The molecule has 7 nitrogen and oxygen atoms in total. The Hall–Kier alpha value is -1.79. The van der Waals surface area contributed by atoms with Gasteiger partial charge in [-0.2, -0.15) is 0 Å². The number of nitrogens with zero attached hydrogens (tertiary/aromatic N) is 1. The molecule has 23 heavy (non-hydrogen) atoms. The number of rotatable bonds is 3. The van der Waals surface area contributed by atoms with Crippen LogP contribution in [0.3, 0.4) is 0 Å². The molecule has 132 valence electrons. The summed E-state index contributed by atoms with van der Waals surface area (Å²) in [4.78, 5) is 37.1. The van der Waals surface area contributed by atoms with Gasteiger partial charge in [-0.15, -0.1) is 0 Å². The van der Waals surface area contributed by atoms with Crippen LogP contribution in [0, 0.1) is 0 Å². The first-order valence-electron chi connectivity index (χ1n) is 7.87. The molecule has 0 N–H and O–H groups in total. The van der Waals surface area contributed by atoms with Gasteiger partial charge in [0.25, 0.3) is 0 Å². The first-order chi connectivity index (χ1) is 10.5. The van der Waals surface area contributed by atoms with Crippen LogP contribution in [0.25, 0.3) is 0 Å². The Kier molecular flexibility index (Phi) is 6.41. The van der Waals surface area contributed by atoms with Gasteiger partial charge in [0.1, 0.15) is 17.7 Å². The SMILES string of the molecule is CC(=O)O[C@@H]1CC[C@@H](C(=O)OC(C)C)N(C(=O)OC(C)(C)C)C1. The van der Waals surface area contributed by atoms with Crippen molar-refractivity contribution in [3.8, 4) is 0 Å². The maximum atomic E-state index is 12.4. The van der Waals surface area contributed by atoms with Gasteiger partial charge in [0.2, 0.25) is 0 Å². The summed E-state index contributed by atoms with van der Waals surface area (Å²) in [5, 5.41) is 0. The van der Waals surface area contributed by atoms with Crippen LogP contribution in [-0.4, -0.2) is 53.3 Å². The normalized spacial score (nSPS) is 21.8. The third-order valence-corrected chi connectivity index (χ3v) is 3.12. The number of piperidine rings is 1. The minimum atomic E-state index is -0.723. The largest absolute Gasteiger partial charge is 0.461 e. The van der Waals surface area contributed by atoms with Crippen molar-refractivity contribution >= 4 is 18.0 Å². The summed E-state index contributed by atoms with van der Waals surface area (Å²) in [6.45, 7) is 10.2. The molecule has 1 saturated heterocycles. The van der Waals surface area contributed by atoms with E-state index in [9.17, 15) is 14.4 Å². The molecule has 1 amide bonds. The van der Waals surface area contributed by atoms with E-state index in [1.807, 2.05) is 0 Å². The fraction of sp³-hybridized carbons (Fsp3) is 0.812. The Morgan fingerprint density at radius 2 is 1.74 bits per heavy atom. The van der Waals surface area contributed by atoms with Gasteiger partial charge >= 0.3 is 18.0 Å². The standard InChI is InChI=1S/C16H27NO6/c1-10(2)21-14(19)13-8-7-12(22-11(3)18)9-17(13)15(20)23-16(4,5)6/h10,12-13H,7-9H2,1-6H3/t12-,13+/m1/s1. The molecule has 0 aromatic heterocycles. The van der Waals surface area contributed by atoms with E-state index in [4.69, 9.17) is 14.2 Å². The molecule has 0 saturated carbocycles. The van der Waals surface area contributed by atoms with Crippen molar-refractivity contribution in [2.75, 3.05) is 6.54 Å². The second-order valence-corrected chi connectivity index (χ2v) is 6.94. The molecule has 1 fully saturated rings. The summed E-state index contributed by atoms with van der Waals surface area (Å²) in [5.41, 5.74) is -0.683. The zero-order valence-electron chi connectivity index (χ0n) is 14.8. The van der Waals surface area contributed by atoms with Crippen molar-refractivity contribution in [1.29, 1.82) is 0 Å². The Labute approximate surface area is 137 Å². The Morgan fingerprint density at radius 1 is 1.13 bits per heavy atom. The first kappa shape index (κ1) is 19.3. The Morgan fingerprint density at radius 3 is 2.22 bits per heavy atom. The van der Waals surface area contributed by atoms with E-state index in [-0.39, 0.29) is 12.6 Å². The van der Waals surface area contributed by atoms with Crippen molar-refractivity contribution in [2.45, 2.75) is 78.2 Å². The van der Waals surface area contributed by atoms with Gasteiger partial charge in [0, 0.05) is 6.92 Å². The molecule has 1 aliphatic rings. The molecular formula is C16H27NO6. The van der Waals surface area contributed by atoms with Crippen molar-refractivity contribution in [3.63, 3.8) is 0 Å². The minimum absolute atomic E-state index is 0.117. The zero-order valence-corrected chi connectivity index (χ0v) is 14.8. The lowest BCUT2D eigenvalue weighted by Gasteiger charge is -2.38. The van der Waals surface area contributed by atoms with Crippen molar-refractivity contribution in [1.82, 2.24) is 4.90 Å². The second-order valence-electron chi connectivity index (χ2n) is 6.94. The van der Waals surface area contributed by atoms with Crippen LogP contribution in [0.15, 0.2) is 0 Å². The van der Waals surface area contributed by atoms with Crippen LogP contribution in [-0.2, 0) is 23.8 Å². The van der Waals surface area contributed by atoms with Crippen LogP contribution in [0.5, 0.6) is 0 Å². The fourth-order valence-electron chi connectivity index (χ4n) is 2.35. The van der Waals surface area contributed by atoms with E-state index >= 15 is 0 Å². The molecule has 0 bridgehead atoms. The molecule has 1 rings (SSSR count). The third-order valence-electron chi connectivity index (χ3n) is 3.12. The molecule has 0 aromatic rings. The molecule has 7 heteroatoms. The number of hydrogen-bond acceptors (Lipinski definition) is 6. The summed E-state index contributed by atoms with van der Waals surface area (Å²) in [5.74, 6) is -0.880. The number of ether oxygens (including phenoxy) is 3. The molecule has 0 aliphatic carbocycles. The van der Waals surface area contributed by atoms with E-state index in [2.05, 4.69) is 0 Å². The second kappa shape index (κ2) is 7.66. The predicted octanol–water partition coefficient (Wildman–Crippen LogP) is 2.27. The number of carbonyl (C=O) groups is 3. The smallest absolute Gasteiger partial charge is 0.411 e. The van der Waals surface area contributed by atoms with E-state index in [0.29, 0.717) is 12.8 Å². The van der Waals surface area contributed by atoms with Crippen LogP contribution >= 0.6 is 0 Å². The highest BCUT2D eigenvalue weighted by Gasteiger charge is 2.40. The van der Waals surface area contributed by atoms with E-state index in [1.54, 1.807) is 34.6 Å². The fourth-order valence-corrected chi connectivity index (χ4v) is 2.35. The summed E-state index contributed by atoms with van der Waals surface area (Å²) >= 11 is 0. The lowest BCUT2D eigenvalue weighted by atomic mass is 10.0. The minimum Gasteiger partial charge on any atom is -0.461 e. The maximum Gasteiger partial charge on any atom is 0.411 e. The number of likely N-dealkylation sites (tertiary alicyclic amines) is 1. The monoisotopic (exact) mass is 329 g/mol. The van der Waals surface area contributed by atoms with Crippen LogP contribution in [0.2, 0.25) is 0 Å². The van der Waals surface area contributed by atoms with Gasteiger partial charge in [0.15, 0.2) is 0 Å². The van der Waals surface area contributed by atoms with Crippen LogP contribution in [0.1, 0.15) is 54.4 Å². The summed E-state index contributed by atoms with van der Waals surface area (Å²) in [6, 6.07) is -0.723. The molecule has 0 aromatic carbocycles. The average molecular weight is 329 g/mol. The molecule has 1 aliphatic heterocycles. The Balaban J connectivity index is 2.88. The highest BCUT2D eigenvalue weighted by molar-refractivity contribution is 5.82. The van der Waals surface area contributed by atoms with Crippen molar-refractivity contribution in [3.05, 3.63) is 0 Å². The molecular weight excluding hydrogens is 302 g/mol. The van der Waals surface area contributed by atoms with Crippen LogP contribution < -0.4 is 0 Å². The summed E-state index contributed by atoms with van der Waals surface area (Å²) in [6.07, 6.45) is -0.461. The highest BCUT2D eigenvalue weighted by atomic mass is 16.6. The molecule has 1 heterocycles. The summed E-state index contributed by atoms with van der Waals surface area (Å²) in [7, 11) is 0. The quantitative estimate of drug-likeness (QED) is 0.583. The van der Waals surface area contributed by atoms with E-state index < -0.39 is 35.8 Å². The highest BCUT2D eigenvalue weighted by Crippen LogP contribution is 2.24. The summed E-state index contributed by atoms with van der Waals surface area (Å²) < 4.78 is 15.7. The van der Waals surface area contributed by atoms with Gasteiger partial charge in [-0.1, -0.05) is 0 Å². The van der Waals surface area contributed by atoms with Gasteiger partial charge in [-0.25, -0.2) is 9.59 Å². The first-order valence-corrected chi connectivity index (χ1v) is 7.87. The average Bonchev–Trinajstić information content (AvgIpc) is 2.34. The number of carbonyl (C=O) groups excluding carboxylic acids is 3. The number of hydrogen-bond donors (Lipinski definition) is 0. The van der Waals surface area contributed by atoms with Crippen LogP contribution in [0.4, 0.5) is 4.79 Å². The molecule has 0 spiro atoms. The predicted molar refractivity (Wildman–Crippen MR) is 82.7 cm³/mol. The molecule has 0 radical (unpaired) electrons. The lowest BCUT2D eigenvalue weighted by Crippen LogP contribution is -2.54. The van der Waals surface area contributed by atoms with Crippen molar-refractivity contribution in [2.24, 2.45) is 0 Å². The number of amides is 1. The van der Waals surface area contributed by atoms with Gasteiger partial charge < -0.3 is 14.2 Å². The zero-order chi connectivity index (χ0) is 17.8. The van der Waals surface area contributed by atoms with Crippen molar-refractivity contribution < 1.29 is 28.6 Å². The number of esters is 2. The maximum absolute atomic E-state index is 12.4. The van der Waals surface area contributed by atoms with Gasteiger partial charge in [-0.3, -0.25) is 9.69 Å². The van der Waals surface area contributed by atoms with E-state index in [1.165, 1.54) is 11.8 Å². The van der Waals surface area contributed by atoms with Gasteiger partial charge in [-0.05, 0) is 47.5 Å². The lowest BCUT2D eigenvalue weighted by molar-refractivity contribution is -0.159. The van der Waals surface area contributed by atoms with E-state index in [0.717, 1.165) is 0 Å². The molecule has 2 atom stereocenters. The Bertz CT molecular complexity index is 454. The topological polar surface area (TPSA) is 82.1 Å². The van der Waals surface area contributed by atoms with Gasteiger partial charge in [0.05, 0.1) is 12.6 Å². The molecule has 0 unspecified atom stereocenters. The third kappa shape index (κ3) is 6.46.